The minimum atomic E-state index is -4.41. The largest absolute Gasteiger partial charge is 0.468 e. The monoisotopic (exact) mass is 303 g/mol. The van der Waals surface area contributed by atoms with Crippen LogP contribution in [0.25, 0.3) is 0 Å². The van der Waals surface area contributed by atoms with Crippen LogP contribution >= 0.6 is 0 Å². The van der Waals surface area contributed by atoms with E-state index in [0.29, 0.717) is 18.7 Å². The fraction of sp³-hybridized carbons (Fsp3) is 0.538. The topological polar surface area (TPSA) is 54.5 Å². The highest BCUT2D eigenvalue weighted by Gasteiger charge is 2.29. The van der Waals surface area contributed by atoms with Gasteiger partial charge < -0.3 is 15.0 Å². The van der Waals surface area contributed by atoms with Crippen LogP contribution in [0.15, 0.2) is 18.3 Å². The summed E-state index contributed by atoms with van der Waals surface area (Å²) in [6.07, 6.45) is -3.17. The number of nitrogens with zero attached hydrogens (tertiary/aromatic N) is 2. The Bertz CT molecular complexity index is 490. The number of hydrogen-bond donors (Lipinski definition) is 1. The number of rotatable bonds is 3. The maximum atomic E-state index is 12.3. The summed E-state index contributed by atoms with van der Waals surface area (Å²) >= 11 is 0. The zero-order valence-electron chi connectivity index (χ0n) is 11.5. The highest BCUT2D eigenvalue weighted by Crippen LogP contribution is 2.17. The van der Waals surface area contributed by atoms with Crippen molar-refractivity contribution in [1.29, 1.82) is 0 Å². The van der Waals surface area contributed by atoms with E-state index in [-0.39, 0.29) is 17.8 Å². The second-order valence-electron chi connectivity index (χ2n) is 4.84. The lowest BCUT2D eigenvalue weighted by Gasteiger charge is -2.33. The first-order valence-corrected chi connectivity index (χ1v) is 6.54. The molecule has 1 N–H and O–H groups in total. The highest BCUT2D eigenvalue weighted by atomic mass is 19.4. The minimum absolute atomic E-state index is 0.0624. The summed E-state index contributed by atoms with van der Waals surface area (Å²) in [4.78, 5) is 17.7. The van der Waals surface area contributed by atoms with Gasteiger partial charge in [0.25, 0.3) is 5.91 Å². The summed E-state index contributed by atoms with van der Waals surface area (Å²) in [5, 5.41) is 3.17. The van der Waals surface area contributed by atoms with Crippen LogP contribution < -0.4 is 10.1 Å². The van der Waals surface area contributed by atoms with E-state index < -0.39 is 12.8 Å². The Morgan fingerprint density at radius 1 is 1.52 bits per heavy atom. The van der Waals surface area contributed by atoms with Gasteiger partial charge in [-0.25, -0.2) is 4.98 Å². The van der Waals surface area contributed by atoms with Gasteiger partial charge >= 0.3 is 6.18 Å². The third kappa shape index (κ3) is 4.32. The number of carbonyl (C=O) groups excluding carboxylic acids is 1. The number of pyridine rings is 1. The molecular formula is C13H16F3N3O2. The second-order valence-corrected chi connectivity index (χ2v) is 4.84. The smallest absolute Gasteiger partial charge is 0.422 e. The van der Waals surface area contributed by atoms with E-state index in [2.05, 4.69) is 15.0 Å². The Hall–Kier alpha value is -1.83. The van der Waals surface area contributed by atoms with Crippen molar-refractivity contribution in [3.63, 3.8) is 0 Å². The molecule has 0 aromatic carbocycles. The average molecular weight is 303 g/mol. The molecule has 1 aromatic rings. The van der Waals surface area contributed by atoms with Crippen molar-refractivity contribution in [3.05, 3.63) is 23.9 Å². The molecule has 8 heteroatoms. The number of halogens is 3. The number of nitrogens with one attached hydrogen (secondary N) is 1. The van der Waals surface area contributed by atoms with Crippen molar-refractivity contribution in [1.82, 2.24) is 15.2 Å². The Balaban J connectivity index is 1.99. The number of carbonyl (C=O) groups is 1. The second kappa shape index (κ2) is 6.30. The van der Waals surface area contributed by atoms with Gasteiger partial charge in [-0.2, -0.15) is 13.2 Å². The van der Waals surface area contributed by atoms with E-state index in [0.717, 1.165) is 6.54 Å². The number of aromatic nitrogens is 1. The van der Waals surface area contributed by atoms with Gasteiger partial charge in [-0.15, -0.1) is 0 Å². The van der Waals surface area contributed by atoms with Gasteiger partial charge in [0.15, 0.2) is 6.61 Å². The fourth-order valence-corrected chi connectivity index (χ4v) is 2.06. The lowest BCUT2D eigenvalue weighted by atomic mass is 10.1. The van der Waals surface area contributed by atoms with Gasteiger partial charge in [-0.05, 0) is 13.0 Å². The first-order chi connectivity index (χ1) is 9.87. The minimum Gasteiger partial charge on any atom is -0.468 e. The Morgan fingerprint density at radius 3 is 2.86 bits per heavy atom. The van der Waals surface area contributed by atoms with Gasteiger partial charge in [0, 0.05) is 37.9 Å². The van der Waals surface area contributed by atoms with E-state index in [1.54, 1.807) is 4.90 Å². The first kappa shape index (κ1) is 15.6. The zero-order valence-corrected chi connectivity index (χ0v) is 11.5. The van der Waals surface area contributed by atoms with Gasteiger partial charge in [0.2, 0.25) is 5.88 Å². The van der Waals surface area contributed by atoms with Gasteiger partial charge in [-0.3, -0.25) is 4.79 Å². The van der Waals surface area contributed by atoms with Crippen molar-refractivity contribution in [2.24, 2.45) is 0 Å². The summed E-state index contributed by atoms with van der Waals surface area (Å²) < 4.78 is 40.5. The molecule has 2 rings (SSSR count). The predicted molar refractivity (Wildman–Crippen MR) is 69.2 cm³/mol. The summed E-state index contributed by atoms with van der Waals surface area (Å²) in [6, 6.07) is 2.76. The molecule has 0 bridgehead atoms. The molecule has 0 unspecified atom stereocenters. The molecule has 5 nitrogen and oxygen atoms in total. The van der Waals surface area contributed by atoms with Gasteiger partial charge in [0.05, 0.1) is 5.56 Å². The molecule has 1 fully saturated rings. The van der Waals surface area contributed by atoms with Crippen LogP contribution in [-0.2, 0) is 0 Å². The van der Waals surface area contributed by atoms with Crippen molar-refractivity contribution in [2.75, 3.05) is 26.2 Å². The SMILES string of the molecule is C[C@@H]1CNCCN1C(=O)c1ccc(OCC(F)(F)F)nc1. The molecule has 116 valence electrons. The molecule has 1 aliphatic heterocycles. The number of amides is 1. The van der Waals surface area contributed by atoms with Crippen molar-refractivity contribution >= 4 is 5.91 Å². The number of ether oxygens (including phenoxy) is 1. The molecule has 21 heavy (non-hydrogen) atoms. The van der Waals surface area contributed by atoms with E-state index in [1.807, 2.05) is 6.92 Å². The van der Waals surface area contributed by atoms with Crippen molar-refractivity contribution in [3.8, 4) is 5.88 Å². The Kier molecular flexibility index (Phi) is 4.66. The van der Waals surface area contributed by atoms with Crippen LogP contribution in [0.5, 0.6) is 5.88 Å². The quantitative estimate of drug-likeness (QED) is 0.918. The summed E-state index contributed by atoms with van der Waals surface area (Å²) in [6.45, 7) is 2.55. The van der Waals surface area contributed by atoms with Crippen LogP contribution in [0, 0.1) is 0 Å². The summed E-state index contributed by atoms with van der Waals surface area (Å²) in [5.74, 6) is -0.337. The normalized spacial score (nSPS) is 19.4. The molecular weight excluding hydrogens is 287 g/mol. The Labute approximate surface area is 120 Å². The maximum absolute atomic E-state index is 12.3. The van der Waals surface area contributed by atoms with Crippen LogP contribution in [0.4, 0.5) is 13.2 Å². The molecule has 0 aliphatic carbocycles. The average Bonchev–Trinajstić information content (AvgIpc) is 2.45. The standard InChI is InChI=1S/C13H16F3N3O2/c1-9-6-17-4-5-19(9)12(20)10-2-3-11(18-7-10)21-8-13(14,15)16/h2-3,7,9,17H,4-6,8H2,1H3/t9-/m1/s1. The van der Waals surface area contributed by atoms with Crippen LogP contribution in [-0.4, -0.2) is 54.3 Å². The summed E-state index contributed by atoms with van der Waals surface area (Å²) in [7, 11) is 0. The molecule has 1 aromatic heterocycles. The Morgan fingerprint density at radius 2 is 2.29 bits per heavy atom. The van der Waals surface area contributed by atoms with Crippen LogP contribution in [0.3, 0.4) is 0 Å². The number of piperazine rings is 1. The fourth-order valence-electron chi connectivity index (χ4n) is 2.06. The van der Waals surface area contributed by atoms with E-state index in [9.17, 15) is 18.0 Å². The highest BCUT2D eigenvalue weighted by molar-refractivity contribution is 5.94. The lowest BCUT2D eigenvalue weighted by Crippen LogP contribution is -2.52. The lowest BCUT2D eigenvalue weighted by molar-refractivity contribution is -0.154. The van der Waals surface area contributed by atoms with Crippen LogP contribution in [0.2, 0.25) is 0 Å². The molecule has 1 atom stereocenters. The van der Waals surface area contributed by atoms with E-state index in [1.165, 1.54) is 18.3 Å². The predicted octanol–water partition coefficient (Wildman–Crippen LogP) is 1.46. The zero-order chi connectivity index (χ0) is 15.5. The van der Waals surface area contributed by atoms with Gasteiger partial charge in [0.1, 0.15) is 0 Å². The molecule has 0 saturated carbocycles. The summed E-state index contributed by atoms with van der Waals surface area (Å²) in [5.41, 5.74) is 0.336. The number of alkyl halides is 3. The maximum Gasteiger partial charge on any atom is 0.422 e. The third-order valence-corrected chi connectivity index (χ3v) is 3.13. The molecule has 2 heterocycles. The molecule has 1 amide bonds. The third-order valence-electron chi connectivity index (χ3n) is 3.13. The molecule has 0 radical (unpaired) electrons. The van der Waals surface area contributed by atoms with Gasteiger partial charge in [-0.1, -0.05) is 0 Å². The van der Waals surface area contributed by atoms with E-state index >= 15 is 0 Å². The first-order valence-electron chi connectivity index (χ1n) is 6.54. The number of hydrogen-bond acceptors (Lipinski definition) is 4. The molecule has 0 spiro atoms. The molecule has 1 aliphatic rings. The molecule has 1 saturated heterocycles. The van der Waals surface area contributed by atoms with Crippen molar-refractivity contribution in [2.45, 2.75) is 19.1 Å². The van der Waals surface area contributed by atoms with Crippen LogP contribution in [0.1, 0.15) is 17.3 Å². The van der Waals surface area contributed by atoms with E-state index in [4.69, 9.17) is 0 Å². The van der Waals surface area contributed by atoms with Crippen molar-refractivity contribution < 1.29 is 22.7 Å².